The van der Waals surface area contributed by atoms with E-state index in [0.717, 1.165) is 12.8 Å². The van der Waals surface area contributed by atoms with E-state index in [4.69, 9.17) is 0 Å². The van der Waals surface area contributed by atoms with Crippen LogP contribution in [0.5, 0.6) is 0 Å². The number of benzene rings is 1. The summed E-state index contributed by atoms with van der Waals surface area (Å²) in [7, 11) is 0. The predicted molar refractivity (Wildman–Crippen MR) is 84.4 cm³/mol. The van der Waals surface area contributed by atoms with E-state index in [9.17, 15) is 18.0 Å². The molecule has 0 radical (unpaired) electrons. The fourth-order valence-corrected chi connectivity index (χ4v) is 3.01. The molecule has 3 nitrogen and oxygen atoms in total. The van der Waals surface area contributed by atoms with E-state index in [1.807, 2.05) is 24.3 Å². The Morgan fingerprint density at radius 1 is 1.22 bits per heavy atom. The second-order valence-corrected chi connectivity index (χ2v) is 6.15. The van der Waals surface area contributed by atoms with Gasteiger partial charge in [-0.05, 0) is 43.4 Å². The molecule has 1 saturated carbocycles. The molecule has 0 saturated heterocycles. The lowest BCUT2D eigenvalue weighted by molar-refractivity contribution is -0.183. The summed E-state index contributed by atoms with van der Waals surface area (Å²) in [5, 5.41) is 5.34. The van der Waals surface area contributed by atoms with Gasteiger partial charge >= 0.3 is 12.2 Å². The van der Waals surface area contributed by atoms with Crippen LogP contribution in [0.1, 0.15) is 44.6 Å². The smallest absolute Gasteiger partial charge is 0.335 e. The lowest BCUT2D eigenvalue weighted by Gasteiger charge is -2.31. The van der Waals surface area contributed by atoms with Crippen LogP contribution in [0.3, 0.4) is 0 Å². The van der Waals surface area contributed by atoms with Gasteiger partial charge in [-0.3, -0.25) is 0 Å². The van der Waals surface area contributed by atoms with Crippen molar-refractivity contribution in [3.05, 3.63) is 29.8 Å². The quantitative estimate of drug-likeness (QED) is 0.812. The van der Waals surface area contributed by atoms with Crippen molar-refractivity contribution in [2.75, 3.05) is 5.32 Å². The molecule has 23 heavy (non-hydrogen) atoms. The van der Waals surface area contributed by atoms with Gasteiger partial charge in [-0.25, -0.2) is 4.79 Å². The van der Waals surface area contributed by atoms with Gasteiger partial charge in [-0.2, -0.15) is 13.2 Å². The van der Waals surface area contributed by atoms with Gasteiger partial charge in [0.2, 0.25) is 0 Å². The van der Waals surface area contributed by atoms with E-state index in [2.05, 4.69) is 17.6 Å². The second-order valence-electron chi connectivity index (χ2n) is 6.15. The topological polar surface area (TPSA) is 41.1 Å². The molecule has 2 unspecified atom stereocenters. The fraction of sp³-hybridized carbons (Fsp3) is 0.588. The minimum atomic E-state index is -4.17. The average molecular weight is 328 g/mol. The average Bonchev–Trinajstić information content (AvgIpc) is 2.49. The highest BCUT2D eigenvalue weighted by Crippen LogP contribution is 2.37. The largest absolute Gasteiger partial charge is 0.391 e. The summed E-state index contributed by atoms with van der Waals surface area (Å²) in [5.41, 5.74) is 1.84. The van der Waals surface area contributed by atoms with Crippen molar-refractivity contribution in [3.63, 3.8) is 0 Å². The molecule has 0 aromatic heterocycles. The van der Waals surface area contributed by atoms with Gasteiger partial charge in [0, 0.05) is 11.7 Å². The van der Waals surface area contributed by atoms with Crippen LogP contribution in [0.4, 0.5) is 23.7 Å². The first-order chi connectivity index (χ1) is 10.9. The number of amides is 2. The SMILES string of the molecule is CCCc1ccc(NC(=O)NC2CCCC(C(F)(F)F)C2)cc1. The van der Waals surface area contributed by atoms with Crippen LogP contribution in [0.25, 0.3) is 0 Å². The zero-order valence-electron chi connectivity index (χ0n) is 13.2. The van der Waals surface area contributed by atoms with Crippen molar-refractivity contribution in [1.82, 2.24) is 5.32 Å². The molecule has 1 aliphatic rings. The highest BCUT2D eigenvalue weighted by Gasteiger charge is 2.42. The maximum Gasteiger partial charge on any atom is 0.391 e. The first-order valence-corrected chi connectivity index (χ1v) is 8.11. The number of alkyl halides is 3. The van der Waals surface area contributed by atoms with Crippen LogP contribution in [0, 0.1) is 5.92 Å². The van der Waals surface area contributed by atoms with Crippen molar-refractivity contribution >= 4 is 11.7 Å². The maximum atomic E-state index is 12.8. The summed E-state index contributed by atoms with van der Waals surface area (Å²) in [4.78, 5) is 11.9. The first-order valence-electron chi connectivity index (χ1n) is 8.11. The number of hydrogen-bond donors (Lipinski definition) is 2. The zero-order chi connectivity index (χ0) is 16.9. The third kappa shape index (κ3) is 5.44. The normalized spacial score (nSPS) is 21.7. The Morgan fingerprint density at radius 2 is 1.91 bits per heavy atom. The van der Waals surface area contributed by atoms with Crippen LogP contribution in [0.2, 0.25) is 0 Å². The minimum Gasteiger partial charge on any atom is -0.335 e. The molecular formula is C17H23F3N2O. The van der Waals surface area contributed by atoms with Crippen molar-refractivity contribution in [2.45, 2.75) is 57.7 Å². The number of nitrogens with one attached hydrogen (secondary N) is 2. The van der Waals surface area contributed by atoms with Crippen molar-refractivity contribution in [3.8, 4) is 0 Å². The van der Waals surface area contributed by atoms with E-state index >= 15 is 0 Å². The number of hydrogen-bond acceptors (Lipinski definition) is 1. The van der Waals surface area contributed by atoms with Gasteiger partial charge in [0.25, 0.3) is 0 Å². The van der Waals surface area contributed by atoms with E-state index in [0.29, 0.717) is 18.5 Å². The number of anilines is 1. The van der Waals surface area contributed by atoms with Gasteiger partial charge in [-0.15, -0.1) is 0 Å². The summed E-state index contributed by atoms with van der Waals surface area (Å²) in [6.45, 7) is 2.10. The Bertz CT molecular complexity index is 514. The Hall–Kier alpha value is -1.72. The summed E-state index contributed by atoms with van der Waals surface area (Å²) >= 11 is 0. The van der Waals surface area contributed by atoms with Crippen LogP contribution in [-0.4, -0.2) is 18.2 Å². The molecule has 2 amide bonds. The van der Waals surface area contributed by atoms with Crippen LogP contribution >= 0.6 is 0 Å². The zero-order valence-corrected chi connectivity index (χ0v) is 13.2. The summed E-state index contributed by atoms with van der Waals surface area (Å²) in [6, 6.07) is 6.64. The summed E-state index contributed by atoms with van der Waals surface area (Å²) < 4.78 is 38.3. The summed E-state index contributed by atoms with van der Waals surface area (Å²) in [6.07, 6.45) is -0.945. The monoisotopic (exact) mass is 328 g/mol. The summed E-state index contributed by atoms with van der Waals surface area (Å²) in [5.74, 6) is -1.31. The third-order valence-electron chi connectivity index (χ3n) is 4.22. The molecule has 0 aliphatic heterocycles. The molecule has 2 atom stereocenters. The Labute approximate surface area is 134 Å². The van der Waals surface area contributed by atoms with Gasteiger partial charge in [0.1, 0.15) is 0 Å². The first kappa shape index (κ1) is 17.6. The number of aryl methyl sites for hydroxylation is 1. The number of carbonyl (C=O) groups excluding carboxylic acids is 1. The molecule has 0 heterocycles. The van der Waals surface area contributed by atoms with E-state index in [1.54, 1.807) is 0 Å². The van der Waals surface area contributed by atoms with E-state index in [-0.39, 0.29) is 12.8 Å². The van der Waals surface area contributed by atoms with Crippen LogP contribution < -0.4 is 10.6 Å². The Kier molecular flexibility index (Phi) is 5.91. The van der Waals surface area contributed by atoms with Crippen LogP contribution in [-0.2, 0) is 6.42 Å². The molecule has 1 aromatic rings. The van der Waals surface area contributed by atoms with Crippen molar-refractivity contribution < 1.29 is 18.0 Å². The van der Waals surface area contributed by atoms with Gasteiger partial charge < -0.3 is 10.6 Å². The highest BCUT2D eigenvalue weighted by atomic mass is 19.4. The van der Waals surface area contributed by atoms with Gasteiger partial charge in [0.15, 0.2) is 0 Å². The molecular weight excluding hydrogens is 305 g/mol. The molecule has 2 N–H and O–H groups in total. The highest BCUT2D eigenvalue weighted by molar-refractivity contribution is 5.89. The van der Waals surface area contributed by atoms with E-state index in [1.165, 1.54) is 5.56 Å². The molecule has 0 bridgehead atoms. The molecule has 128 valence electrons. The minimum absolute atomic E-state index is 0.0354. The molecule has 6 heteroatoms. The molecule has 1 aliphatic carbocycles. The van der Waals surface area contributed by atoms with Gasteiger partial charge in [0.05, 0.1) is 5.92 Å². The number of rotatable bonds is 4. The lowest BCUT2D eigenvalue weighted by Crippen LogP contribution is -2.43. The Balaban J connectivity index is 1.84. The van der Waals surface area contributed by atoms with Crippen molar-refractivity contribution in [1.29, 1.82) is 0 Å². The number of halogens is 3. The fourth-order valence-electron chi connectivity index (χ4n) is 3.01. The van der Waals surface area contributed by atoms with Crippen molar-refractivity contribution in [2.24, 2.45) is 5.92 Å². The molecule has 1 aromatic carbocycles. The third-order valence-corrected chi connectivity index (χ3v) is 4.22. The molecule has 1 fully saturated rings. The van der Waals surface area contributed by atoms with Gasteiger partial charge in [-0.1, -0.05) is 31.9 Å². The molecule has 0 spiro atoms. The predicted octanol–water partition coefficient (Wildman–Crippen LogP) is 4.88. The Morgan fingerprint density at radius 3 is 2.52 bits per heavy atom. The van der Waals surface area contributed by atoms with E-state index < -0.39 is 24.2 Å². The standard InChI is InChI=1S/C17H23F3N2O/c1-2-4-12-7-9-14(10-8-12)21-16(23)22-15-6-3-5-13(11-15)17(18,19)20/h7-10,13,15H,2-6,11H2,1H3,(H2,21,22,23). The number of carbonyl (C=O) groups is 1. The van der Waals surface area contributed by atoms with Crippen LogP contribution in [0.15, 0.2) is 24.3 Å². The number of urea groups is 1. The maximum absolute atomic E-state index is 12.8. The molecule has 2 rings (SSSR count). The second kappa shape index (κ2) is 7.70. The lowest BCUT2D eigenvalue weighted by atomic mass is 9.85.